The maximum atomic E-state index is 6.09. The van der Waals surface area contributed by atoms with Crippen molar-refractivity contribution in [2.45, 2.75) is 19.9 Å². The third-order valence-electron chi connectivity index (χ3n) is 2.41. The van der Waals surface area contributed by atoms with Gasteiger partial charge in [0.05, 0.1) is 11.1 Å². The van der Waals surface area contributed by atoms with Crippen LogP contribution in [0, 0.1) is 6.92 Å². The molecular weight excluding hydrogens is 277 g/mol. The zero-order chi connectivity index (χ0) is 11.2. The molecule has 1 unspecified atom stereocenters. The minimum atomic E-state index is -0.118. The first-order valence-corrected chi connectivity index (χ1v) is 5.81. The summed E-state index contributed by atoms with van der Waals surface area (Å²) in [6.45, 7) is 3.89. The molecule has 0 amide bonds. The van der Waals surface area contributed by atoms with E-state index in [0.29, 0.717) is 10.6 Å². The second-order valence-electron chi connectivity index (χ2n) is 3.64. The Hall–Kier alpha value is -0.510. The molecule has 0 saturated heterocycles. The van der Waals surface area contributed by atoms with Crippen LogP contribution in [0.4, 0.5) is 0 Å². The molecule has 15 heavy (non-hydrogen) atoms. The SMILES string of the molecule is Cc1c(C(C)N)oc2c(Cl)cc(Br)cc12. The summed E-state index contributed by atoms with van der Waals surface area (Å²) < 4.78 is 6.61. The van der Waals surface area contributed by atoms with Crippen LogP contribution < -0.4 is 5.73 Å². The van der Waals surface area contributed by atoms with Gasteiger partial charge in [0.25, 0.3) is 0 Å². The zero-order valence-corrected chi connectivity index (χ0v) is 10.8. The number of halogens is 2. The van der Waals surface area contributed by atoms with E-state index in [-0.39, 0.29) is 6.04 Å². The molecule has 0 fully saturated rings. The van der Waals surface area contributed by atoms with E-state index in [1.807, 2.05) is 26.0 Å². The maximum Gasteiger partial charge on any atom is 0.153 e. The number of aryl methyl sites for hydroxylation is 1. The van der Waals surface area contributed by atoms with E-state index < -0.39 is 0 Å². The number of hydrogen-bond acceptors (Lipinski definition) is 2. The summed E-state index contributed by atoms with van der Waals surface area (Å²) in [7, 11) is 0. The molecule has 2 aromatic rings. The highest BCUT2D eigenvalue weighted by Crippen LogP contribution is 2.35. The van der Waals surface area contributed by atoms with Crippen molar-refractivity contribution in [3.05, 3.63) is 33.0 Å². The van der Waals surface area contributed by atoms with Crippen molar-refractivity contribution in [2.24, 2.45) is 5.73 Å². The van der Waals surface area contributed by atoms with Crippen LogP contribution in [0.25, 0.3) is 11.0 Å². The Morgan fingerprint density at radius 3 is 2.73 bits per heavy atom. The van der Waals surface area contributed by atoms with Gasteiger partial charge in [-0.3, -0.25) is 0 Å². The number of nitrogens with two attached hydrogens (primary N) is 1. The minimum Gasteiger partial charge on any atom is -0.458 e. The Bertz CT molecular complexity index is 519. The van der Waals surface area contributed by atoms with Crippen molar-refractivity contribution in [3.63, 3.8) is 0 Å². The lowest BCUT2D eigenvalue weighted by atomic mass is 10.1. The molecule has 0 bridgehead atoms. The predicted octanol–water partition coefficient (Wildman–Crippen LogP) is 4.18. The average Bonchev–Trinajstić information content (AvgIpc) is 2.44. The lowest BCUT2D eigenvalue weighted by molar-refractivity contribution is 0.509. The van der Waals surface area contributed by atoms with Gasteiger partial charge in [-0.25, -0.2) is 0 Å². The second kappa shape index (κ2) is 3.81. The van der Waals surface area contributed by atoms with E-state index in [1.165, 1.54) is 0 Å². The molecule has 0 saturated carbocycles. The Morgan fingerprint density at radius 2 is 2.13 bits per heavy atom. The van der Waals surface area contributed by atoms with E-state index in [4.69, 9.17) is 21.8 Å². The van der Waals surface area contributed by atoms with Crippen molar-refractivity contribution in [1.82, 2.24) is 0 Å². The first-order chi connectivity index (χ1) is 7.00. The Balaban J connectivity index is 2.82. The van der Waals surface area contributed by atoms with Crippen molar-refractivity contribution < 1.29 is 4.42 Å². The van der Waals surface area contributed by atoms with Gasteiger partial charge < -0.3 is 10.2 Å². The molecule has 2 nitrogen and oxygen atoms in total. The number of furan rings is 1. The number of rotatable bonds is 1. The van der Waals surface area contributed by atoms with Crippen LogP contribution >= 0.6 is 27.5 Å². The molecule has 0 spiro atoms. The quantitative estimate of drug-likeness (QED) is 0.855. The summed E-state index contributed by atoms with van der Waals surface area (Å²) >= 11 is 9.49. The van der Waals surface area contributed by atoms with Crippen molar-refractivity contribution in [1.29, 1.82) is 0 Å². The highest BCUT2D eigenvalue weighted by atomic mass is 79.9. The smallest absolute Gasteiger partial charge is 0.153 e. The van der Waals surface area contributed by atoms with Crippen LogP contribution in [-0.2, 0) is 0 Å². The highest BCUT2D eigenvalue weighted by Gasteiger charge is 2.16. The van der Waals surface area contributed by atoms with Crippen LogP contribution in [0.1, 0.15) is 24.3 Å². The summed E-state index contributed by atoms with van der Waals surface area (Å²) in [6, 6.07) is 3.69. The Morgan fingerprint density at radius 1 is 1.47 bits per heavy atom. The Labute approximate surface area is 102 Å². The summed E-state index contributed by atoms with van der Waals surface area (Å²) in [4.78, 5) is 0. The number of fused-ring (bicyclic) bond motifs is 1. The average molecular weight is 289 g/mol. The molecule has 4 heteroatoms. The van der Waals surface area contributed by atoms with Crippen molar-refractivity contribution in [3.8, 4) is 0 Å². The summed E-state index contributed by atoms with van der Waals surface area (Å²) in [5.41, 5.74) is 7.59. The summed E-state index contributed by atoms with van der Waals surface area (Å²) in [6.07, 6.45) is 0. The van der Waals surface area contributed by atoms with E-state index >= 15 is 0 Å². The number of hydrogen-bond donors (Lipinski definition) is 1. The molecule has 1 heterocycles. The summed E-state index contributed by atoms with van der Waals surface area (Å²) in [5, 5.41) is 1.62. The van der Waals surface area contributed by atoms with E-state index in [0.717, 1.165) is 21.2 Å². The fourth-order valence-corrected chi connectivity index (χ4v) is 2.54. The largest absolute Gasteiger partial charge is 0.458 e. The fourth-order valence-electron chi connectivity index (χ4n) is 1.70. The molecule has 2 rings (SSSR count). The van der Waals surface area contributed by atoms with Crippen LogP contribution in [0.3, 0.4) is 0 Å². The van der Waals surface area contributed by atoms with Gasteiger partial charge in [0, 0.05) is 15.4 Å². The standard InChI is InChI=1S/C11H11BrClNO/c1-5-8-3-7(12)4-9(13)11(8)15-10(5)6(2)14/h3-4,6H,14H2,1-2H3. The minimum absolute atomic E-state index is 0.118. The monoisotopic (exact) mass is 287 g/mol. The molecule has 0 radical (unpaired) electrons. The Kier molecular flexibility index (Phi) is 2.79. The first-order valence-electron chi connectivity index (χ1n) is 4.64. The van der Waals surface area contributed by atoms with Crippen LogP contribution in [0.5, 0.6) is 0 Å². The molecule has 0 aliphatic carbocycles. The van der Waals surface area contributed by atoms with Gasteiger partial charge in [-0.15, -0.1) is 0 Å². The van der Waals surface area contributed by atoms with Crippen LogP contribution in [0.15, 0.2) is 21.0 Å². The van der Waals surface area contributed by atoms with Crippen molar-refractivity contribution >= 4 is 38.5 Å². The normalized spacial score (nSPS) is 13.4. The molecule has 1 aromatic heterocycles. The third kappa shape index (κ3) is 1.80. The van der Waals surface area contributed by atoms with E-state index in [2.05, 4.69) is 15.9 Å². The third-order valence-corrected chi connectivity index (χ3v) is 3.15. The zero-order valence-electron chi connectivity index (χ0n) is 8.47. The second-order valence-corrected chi connectivity index (χ2v) is 4.97. The van der Waals surface area contributed by atoms with Crippen molar-refractivity contribution in [2.75, 3.05) is 0 Å². The van der Waals surface area contributed by atoms with Gasteiger partial charge in [0.1, 0.15) is 5.76 Å². The molecule has 0 aliphatic heterocycles. The molecule has 1 aromatic carbocycles. The van der Waals surface area contributed by atoms with Gasteiger partial charge in [-0.05, 0) is 26.0 Å². The molecular formula is C11H11BrClNO. The van der Waals surface area contributed by atoms with Gasteiger partial charge in [-0.1, -0.05) is 27.5 Å². The lowest BCUT2D eigenvalue weighted by Crippen LogP contribution is -2.04. The van der Waals surface area contributed by atoms with Gasteiger partial charge in [-0.2, -0.15) is 0 Å². The molecule has 80 valence electrons. The fraction of sp³-hybridized carbons (Fsp3) is 0.273. The number of benzene rings is 1. The van der Waals surface area contributed by atoms with E-state index in [1.54, 1.807) is 0 Å². The van der Waals surface area contributed by atoms with Gasteiger partial charge in [0.2, 0.25) is 0 Å². The van der Waals surface area contributed by atoms with E-state index in [9.17, 15) is 0 Å². The molecule has 0 aliphatic rings. The highest BCUT2D eigenvalue weighted by molar-refractivity contribution is 9.10. The maximum absolute atomic E-state index is 6.09. The van der Waals surface area contributed by atoms with Gasteiger partial charge >= 0.3 is 0 Å². The topological polar surface area (TPSA) is 39.2 Å². The lowest BCUT2D eigenvalue weighted by Gasteiger charge is -2.00. The van der Waals surface area contributed by atoms with Crippen LogP contribution in [0.2, 0.25) is 5.02 Å². The van der Waals surface area contributed by atoms with Crippen LogP contribution in [-0.4, -0.2) is 0 Å². The predicted molar refractivity (Wildman–Crippen MR) is 66.3 cm³/mol. The summed E-state index contributed by atoms with van der Waals surface area (Å²) in [5.74, 6) is 0.796. The molecule has 2 N–H and O–H groups in total. The first kappa shape index (κ1) is 11.0. The molecule has 1 atom stereocenters. The van der Waals surface area contributed by atoms with Gasteiger partial charge in [0.15, 0.2) is 5.58 Å².